The molecule has 0 saturated carbocycles. The minimum atomic E-state index is -1.34. The fraction of sp³-hybridized carbons (Fsp3) is 0.243. The number of benzene rings is 10. The Morgan fingerprint density at radius 2 is 0.795 bits per heavy atom. The van der Waals surface area contributed by atoms with Crippen LogP contribution in [0.4, 0.5) is 0 Å². The molecule has 0 fully saturated rings. The van der Waals surface area contributed by atoms with E-state index in [4.69, 9.17) is 40.3 Å². The molecule has 0 aliphatic heterocycles. The Morgan fingerprint density at radius 3 is 1.16 bits per heavy atom. The molecule has 1 atom stereocenters. The first-order valence-electron chi connectivity index (χ1n) is 28.2. The van der Waals surface area contributed by atoms with E-state index in [2.05, 4.69) is 210 Å². The van der Waals surface area contributed by atoms with Gasteiger partial charge in [0.25, 0.3) is 0 Å². The predicted molar refractivity (Wildman–Crippen MR) is 364 cm³/mol. The Hall–Kier alpha value is -5.70. The van der Waals surface area contributed by atoms with Crippen LogP contribution < -0.4 is 25.4 Å². The van der Waals surface area contributed by atoms with Crippen LogP contribution in [-0.2, 0) is 33.0 Å². The van der Waals surface area contributed by atoms with Crippen molar-refractivity contribution < 1.29 is 24.6 Å². The number of methoxy groups -OCH3 is 2. The molecular formula is C74H81Cl2N2O2P2Ru+. The third kappa shape index (κ3) is 16.8. The quantitative estimate of drug-likeness (QED) is 0.0853. The van der Waals surface area contributed by atoms with Gasteiger partial charge in [0.15, 0.2) is 0 Å². The molecule has 0 bridgehead atoms. The van der Waals surface area contributed by atoms with Gasteiger partial charge in [0.05, 0.1) is 22.1 Å². The van der Waals surface area contributed by atoms with Crippen LogP contribution in [0, 0.1) is 76.2 Å². The number of aryl methyl sites for hydroxylation is 11. The molecule has 0 heterocycles. The van der Waals surface area contributed by atoms with Crippen LogP contribution in [0.25, 0.3) is 44.1 Å². The van der Waals surface area contributed by atoms with E-state index in [1.807, 2.05) is 48.5 Å². The van der Waals surface area contributed by atoms with Gasteiger partial charge < -0.3 is 20.9 Å². The van der Waals surface area contributed by atoms with Crippen LogP contribution in [0.5, 0.6) is 11.5 Å². The van der Waals surface area contributed by atoms with Gasteiger partial charge in [0.1, 0.15) is 27.4 Å². The summed E-state index contributed by atoms with van der Waals surface area (Å²) in [6, 6.07) is 65.5. The molecule has 430 valence electrons. The third-order valence-electron chi connectivity index (χ3n) is 15.1. The van der Waals surface area contributed by atoms with Crippen LogP contribution in [-0.4, -0.2) is 20.3 Å². The monoisotopic (exact) mass is 1260 g/mol. The molecule has 0 radical (unpaired) electrons. The topological polar surface area (TPSA) is 66.1 Å². The van der Waals surface area contributed by atoms with Crippen LogP contribution in [0.3, 0.4) is 0 Å². The number of rotatable bonds is 13. The van der Waals surface area contributed by atoms with Crippen molar-refractivity contribution in [3.05, 3.63) is 277 Å². The van der Waals surface area contributed by atoms with Gasteiger partial charge in [-0.25, -0.2) is 0 Å². The Labute approximate surface area is 515 Å². The van der Waals surface area contributed by atoms with Gasteiger partial charge in [-0.1, -0.05) is 184 Å². The van der Waals surface area contributed by atoms with Crippen molar-refractivity contribution in [1.29, 1.82) is 0 Å². The Bertz CT molecular complexity index is 3590. The van der Waals surface area contributed by atoms with E-state index in [1.165, 1.54) is 133 Å². The molecule has 0 aromatic heterocycles. The fourth-order valence-corrected chi connectivity index (χ4v) is 15.9. The van der Waals surface area contributed by atoms with E-state index >= 15 is 0 Å². The van der Waals surface area contributed by atoms with Gasteiger partial charge in [-0.3, -0.25) is 0 Å². The van der Waals surface area contributed by atoms with Crippen LogP contribution >= 0.6 is 35.9 Å². The molecule has 83 heavy (non-hydrogen) atoms. The molecular weight excluding hydrogens is 1180 g/mol. The minimum absolute atomic E-state index is 0.346. The van der Waals surface area contributed by atoms with Crippen LogP contribution in [0.1, 0.15) is 90.4 Å². The first-order chi connectivity index (χ1) is 39.6. The fourth-order valence-electron chi connectivity index (χ4n) is 11.6. The second-order valence-electron chi connectivity index (χ2n) is 22.5. The van der Waals surface area contributed by atoms with E-state index in [0.717, 1.165) is 31.2 Å². The zero-order valence-corrected chi connectivity index (χ0v) is 56.0. The maximum atomic E-state index is 8.84. The summed E-state index contributed by atoms with van der Waals surface area (Å²) >= 11 is -0.346. The predicted octanol–water partition coefficient (Wildman–Crippen LogP) is 20.4. The Kier molecular flexibility index (Phi) is 23.4. The normalized spacial score (nSPS) is 11.5. The van der Waals surface area contributed by atoms with Crippen LogP contribution in [0.2, 0.25) is 0 Å². The number of fused-ring (bicyclic) bond motifs is 2. The summed E-state index contributed by atoms with van der Waals surface area (Å²) in [5.74, 6) is 1.49. The number of hydrogen-bond donors (Lipinski definition) is 0. The van der Waals surface area contributed by atoms with Crippen molar-refractivity contribution in [2.24, 2.45) is 0 Å². The average molecular weight is 1260 g/mol. The van der Waals surface area contributed by atoms with E-state index in [1.54, 1.807) is 21.1 Å². The molecule has 10 rings (SSSR count). The van der Waals surface area contributed by atoms with E-state index in [0.29, 0.717) is 0 Å². The van der Waals surface area contributed by atoms with Crippen molar-refractivity contribution in [1.82, 2.24) is 0 Å². The number of nitrogens with one attached hydrogen (secondary N) is 2. The second-order valence-corrected chi connectivity index (χ2v) is 28.7. The Morgan fingerprint density at radius 1 is 0.446 bits per heavy atom. The zero-order chi connectivity index (χ0) is 60.1. The molecule has 0 amide bonds. The van der Waals surface area contributed by atoms with Gasteiger partial charge in [-0.15, -0.1) is 14.6 Å². The SMILES string of the molecule is COc1ccc(C([NH-])(c2ccc(OC)cc2)[C@@H](C)[NH-])cc1.Cc1cc(C)cc(CPCc2cc(C)cc(C)c2)c1.Cc1cc(C)cc([PH+](c2cc(C)cc(C)c2)c2ccc3cc(C)ccc3c2-c2c(C)ccc3cc(C)ccc23)c1.[Cl][Ru+2][Cl]. The van der Waals surface area contributed by atoms with Gasteiger partial charge in [-0.2, -0.15) is 0 Å². The summed E-state index contributed by atoms with van der Waals surface area (Å²) in [5.41, 5.74) is 37.9. The van der Waals surface area contributed by atoms with Gasteiger partial charge in [0, 0.05) is 5.56 Å². The summed E-state index contributed by atoms with van der Waals surface area (Å²) in [6.45, 7) is 26.1. The summed E-state index contributed by atoms with van der Waals surface area (Å²) < 4.78 is 10.3. The Balaban J connectivity index is 0.000000193. The maximum absolute atomic E-state index is 8.84. The summed E-state index contributed by atoms with van der Waals surface area (Å²) in [7, 11) is 12.6. The molecule has 10 aromatic carbocycles. The van der Waals surface area contributed by atoms with Crippen molar-refractivity contribution in [3.63, 3.8) is 0 Å². The summed E-state index contributed by atoms with van der Waals surface area (Å²) in [6.07, 6.45) is 2.41. The standard InChI is InChI=1S/C39H37P.C18H23P.C17H20N2O2.2ClH.Ru/c1-24-8-13-35-31(18-24)11-10-30(7)38(35)39-36-14-9-25(2)19-32(36)12-15-37(39)40(33-20-26(3)16-27(4)21-33)34-22-28(5)17-29(6)23-34;1-13-5-14(2)8-17(7-13)11-19-12-18-9-15(3)6-16(4)10-18;1-12(18)17(19,13-4-8-15(20-2)9-5-13)14-6-10-16(21-3)11-7-14;;;/h8-23H,1-7H3;5-10,19H,11-12H2,1-4H3;4-12,18-19H,1-3H3;2*1H;/q;;-2;;;+4/p-1/t;;12-;;;/m..1.../s1. The summed E-state index contributed by atoms with van der Waals surface area (Å²) in [4.78, 5) is 0. The van der Waals surface area contributed by atoms with E-state index in [9.17, 15) is 0 Å². The molecule has 0 aliphatic rings. The zero-order valence-electron chi connectivity index (χ0n) is 50.7. The molecule has 0 saturated heterocycles. The van der Waals surface area contributed by atoms with Gasteiger partial charge >= 0.3 is 34.5 Å². The molecule has 10 aromatic rings. The molecule has 4 nitrogen and oxygen atoms in total. The second kappa shape index (κ2) is 29.9. The van der Waals surface area contributed by atoms with Crippen molar-refractivity contribution >= 4 is 73.3 Å². The molecule has 9 heteroatoms. The first kappa shape index (κ1) is 64.9. The van der Waals surface area contributed by atoms with Gasteiger partial charge in [-0.05, 0) is 209 Å². The summed E-state index contributed by atoms with van der Waals surface area (Å²) in [5, 5.41) is 9.67. The molecule has 0 aliphatic carbocycles. The number of ether oxygens (including phenoxy) is 2. The van der Waals surface area contributed by atoms with Crippen molar-refractivity contribution in [2.75, 3.05) is 14.2 Å². The van der Waals surface area contributed by atoms with E-state index < -0.39 is 19.5 Å². The van der Waals surface area contributed by atoms with Crippen molar-refractivity contribution in [2.45, 2.75) is 107 Å². The molecule has 0 unspecified atom stereocenters. The first-order valence-corrected chi connectivity index (χ1v) is 35.6. The van der Waals surface area contributed by atoms with Gasteiger partial charge in [0.2, 0.25) is 0 Å². The van der Waals surface area contributed by atoms with Crippen LogP contribution in [0.15, 0.2) is 182 Å². The van der Waals surface area contributed by atoms with E-state index in [-0.39, 0.29) is 15.1 Å². The number of halogens is 2. The third-order valence-corrected chi connectivity index (χ3v) is 19.1. The average Bonchev–Trinajstić information content (AvgIpc) is 1.85. The number of hydrogen-bond acceptors (Lipinski definition) is 2. The van der Waals surface area contributed by atoms with Crippen molar-refractivity contribution in [3.8, 4) is 22.6 Å². The molecule has 2 N–H and O–H groups in total. The molecule has 0 spiro atoms.